The number of hydrogen-bond acceptors (Lipinski definition) is 3. The third-order valence-corrected chi connectivity index (χ3v) is 3.48. The summed E-state index contributed by atoms with van der Waals surface area (Å²) in [5.41, 5.74) is 1.87. The molecular formula is C15H19NO4. The molecule has 2 atom stereocenters. The Morgan fingerprint density at radius 2 is 1.95 bits per heavy atom. The summed E-state index contributed by atoms with van der Waals surface area (Å²) in [6, 6.07) is 6.85. The van der Waals surface area contributed by atoms with Gasteiger partial charge in [0.15, 0.2) is 6.10 Å². The number of benzene rings is 1. The van der Waals surface area contributed by atoms with E-state index in [4.69, 9.17) is 4.74 Å². The van der Waals surface area contributed by atoms with Crippen molar-refractivity contribution in [2.45, 2.75) is 39.0 Å². The van der Waals surface area contributed by atoms with Gasteiger partial charge in [0.1, 0.15) is 6.61 Å². The maximum Gasteiger partial charge on any atom is 0.335 e. The summed E-state index contributed by atoms with van der Waals surface area (Å²) in [5.74, 6) is -1.23. The minimum absolute atomic E-state index is 0.0837. The summed E-state index contributed by atoms with van der Waals surface area (Å²) >= 11 is 0. The molecule has 1 N–H and O–H groups in total. The number of carboxylic acids is 1. The largest absolute Gasteiger partial charge is 0.479 e. The number of morpholine rings is 1. The van der Waals surface area contributed by atoms with Gasteiger partial charge in [0.25, 0.3) is 0 Å². The number of hydrogen-bond donors (Lipinski definition) is 1. The van der Waals surface area contributed by atoms with Crippen LogP contribution in [0.1, 0.15) is 31.0 Å². The van der Waals surface area contributed by atoms with Crippen molar-refractivity contribution >= 4 is 11.9 Å². The Hall–Kier alpha value is -1.88. The Morgan fingerprint density at radius 3 is 2.45 bits per heavy atom. The van der Waals surface area contributed by atoms with Crippen LogP contribution in [0.25, 0.3) is 0 Å². The van der Waals surface area contributed by atoms with E-state index in [-0.39, 0.29) is 18.6 Å². The second-order valence-electron chi connectivity index (χ2n) is 5.32. The van der Waals surface area contributed by atoms with Gasteiger partial charge in [-0.1, -0.05) is 29.8 Å². The van der Waals surface area contributed by atoms with Crippen molar-refractivity contribution in [2.24, 2.45) is 0 Å². The molecule has 1 heterocycles. The molecule has 1 aliphatic rings. The zero-order valence-corrected chi connectivity index (χ0v) is 11.9. The molecule has 0 saturated carbocycles. The first-order valence-electron chi connectivity index (χ1n) is 6.64. The predicted molar refractivity (Wildman–Crippen MR) is 73.3 cm³/mol. The molecule has 1 aromatic carbocycles. The van der Waals surface area contributed by atoms with Gasteiger partial charge < -0.3 is 14.7 Å². The predicted octanol–water partition coefficient (Wildman–Crippen LogP) is 1.76. The smallest absolute Gasteiger partial charge is 0.335 e. The molecule has 1 amide bonds. The van der Waals surface area contributed by atoms with Crippen LogP contribution in [0, 0.1) is 6.92 Å². The fourth-order valence-corrected chi connectivity index (χ4v) is 2.54. The lowest BCUT2D eigenvalue weighted by atomic mass is 9.95. The first-order valence-corrected chi connectivity index (χ1v) is 6.64. The molecule has 0 radical (unpaired) electrons. The summed E-state index contributed by atoms with van der Waals surface area (Å²) in [4.78, 5) is 25.1. The van der Waals surface area contributed by atoms with E-state index < -0.39 is 18.1 Å². The van der Waals surface area contributed by atoms with Crippen LogP contribution in [-0.2, 0) is 14.3 Å². The van der Waals surface area contributed by atoms with E-state index in [2.05, 4.69) is 0 Å². The van der Waals surface area contributed by atoms with Crippen molar-refractivity contribution in [2.75, 3.05) is 6.61 Å². The minimum Gasteiger partial charge on any atom is -0.479 e. The van der Waals surface area contributed by atoms with Gasteiger partial charge in [0.2, 0.25) is 5.91 Å². The molecule has 108 valence electrons. The molecule has 0 aliphatic carbocycles. The van der Waals surface area contributed by atoms with Crippen LogP contribution in [0.4, 0.5) is 0 Å². The molecule has 5 nitrogen and oxygen atoms in total. The monoisotopic (exact) mass is 277 g/mol. The first-order chi connectivity index (χ1) is 9.41. The summed E-state index contributed by atoms with van der Waals surface area (Å²) < 4.78 is 5.24. The van der Waals surface area contributed by atoms with Gasteiger partial charge in [-0.25, -0.2) is 4.79 Å². The van der Waals surface area contributed by atoms with Crippen LogP contribution in [0.2, 0.25) is 0 Å². The molecule has 1 saturated heterocycles. The minimum atomic E-state index is -1.05. The van der Waals surface area contributed by atoms with Gasteiger partial charge in [-0.3, -0.25) is 4.79 Å². The van der Waals surface area contributed by atoms with E-state index in [1.807, 2.05) is 45.0 Å². The third kappa shape index (κ3) is 2.67. The first kappa shape index (κ1) is 14.5. The maximum absolute atomic E-state index is 12.1. The number of nitrogens with zero attached hydrogens (tertiary/aromatic N) is 1. The van der Waals surface area contributed by atoms with E-state index in [9.17, 15) is 14.7 Å². The second-order valence-corrected chi connectivity index (χ2v) is 5.32. The quantitative estimate of drug-likeness (QED) is 0.914. The Bertz CT molecular complexity index is 509. The van der Waals surface area contributed by atoms with E-state index in [0.717, 1.165) is 11.1 Å². The molecule has 2 unspecified atom stereocenters. The van der Waals surface area contributed by atoms with Gasteiger partial charge in [0, 0.05) is 6.04 Å². The normalized spacial score (nSPS) is 23.2. The molecule has 2 rings (SSSR count). The van der Waals surface area contributed by atoms with Crippen molar-refractivity contribution in [3.8, 4) is 0 Å². The van der Waals surface area contributed by atoms with Gasteiger partial charge in [-0.15, -0.1) is 0 Å². The van der Waals surface area contributed by atoms with Crippen molar-refractivity contribution in [1.29, 1.82) is 0 Å². The number of carbonyl (C=O) groups excluding carboxylic acids is 1. The lowest BCUT2D eigenvalue weighted by Gasteiger charge is -2.41. The Balaban J connectivity index is 2.45. The van der Waals surface area contributed by atoms with Crippen LogP contribution < -0.4 is 0 Å². The number of carboxylic acid groups (broad SMARTS) is 1. The Morgan fingerprint density at radius 1 is 1.35 bits per heavy atom. The van der Waals surface area contributed by atoms with Crippen molar-refractivity contribution in [3.05, 3.63) is 35.4 Å². The van der Waals surface area contributed by atoms with Crippen LogP contribution in [0.15, 0.2) is 24.3 Å². The highest BCUT2D eigenvalue weighted by atomic mass is 16.5. The Kier molecular flexibility index (Phi) is 4.09. The molecule has 0 bridgehead atoms. The lowest BCUT2D eigenvalue weighted by Crippen LogP contribution is -2.54. The Labute approximate surface area is 118 Å². The zero-order chi connectivity index (χ0) is 14.9. The maximum atomic E-state index is 12.1. The molecule has 1 fully saturated rings. The number of aryl methyl sites for hydroxylation is 1. The molecule has 0 aromatic heterocycles. The molecule has 0 spiro atoms. The van der Waals surface area contributed by atoms with Gasteiger partial charge in [0.05, 0.1) is 6.04 Å². The van der Waals surface area contributed by atoms with Crippen molar-refractivity contribution in [1.82, 2.24) is 4.90 Å². The SMILES string of the molecule is Cc1ccc(C2C(C(=O)O)OCC(=O)N2C(C)C)cc1. The summed E-state index contributed by atoms with van der Waals surface area (Å²) in [7, 11) is 0. The molecule has 5 heteroatoms. The van der Waals surface area contributed by atoms with E-state index >= 15 is 0 Å². The highest BCUT2D eigenvalue weighted by Crippen LogP contribution is 2.32. The van der Waals surface area contributed by atoms with E-state index in [0.29, 0.717) is 0 Å². The molecular weight excluding hydrogens is 258 g/mol. The van der Waals surface area contributed by atoms with E-state index in [1.54, 1.807) is 4.90 Å². The number of aliphatic carboxylic acids is 1. The number of amides is 1. The summed E-state index contributed by atoms with van der Waals surface area (Å²) in [6.07, 6.45) is -1.03. The van der Waals surface area contributed by atoms with E-state index in [1.165, 1.54) is 0 Å². The van der Waals surface area contributed by atoms with Crippen LogP contribution in [0.5, 0.6) is 0 Å². The number of ether oxygens (including phenoxy) is 1. The van der Waals surface area contributed by atoms with Crippen LogP contribution in [-0.4, -0.2) is 40.6 Å². The molecule has 1 aromatic rings. The average Bonchev–Trinajstić information content (AvgIpc) is 2.38. The third-order valence-electron chi connectivity index (χ3n) is 3.48. The highest BCUT2D eigenvalue weighted by molar-refractivity contribution is 5.83. The fraction of sp³-hybridized carbons (Fsp3) is 0.467. The van der Waals surface area contributed by atoms with Gasteiger partial charge in [-0.05, 0) is 26.3 Å². The molecule has 20 heavy (non-hydrogen) atoms. The number of rotatable bonds is 3. The van der Waals surface area contributed by atoms with Gasteiger partial charge in [-0.2, -0.15) is 0 Å². The standard InChI is InChI=1S/C15H19NO4/c1-9(2)16-12(17)8-20-14(15(18)19)13(16)11-6-4-10(3)5-7-11/h4-7,9,13-14H,8H2,1-3H3,(H,18,19). The fourth-order valence-electron chi connectivity index (χ4n) is 2.54. The van der Waals surface area contributed by atoms with Crippen LogP contribution >= 0.6 is 0 Å². The average molecular weight is 277 g/mol. The van der Waals surface area contributed by atoms with Crippen LogP contribution in [0.3, 0.4) is 0 Å². The summed E-state index contributed by atoms with van der Waals surface area (Å²) in [6.45, 7) is 5.53. The summed E-state index contributed by atoms with van der Waals surface area (Å²) in [5, 5.41) is 9.35. The second kappa shape index (κ2) is 5.63. The highest BCUT2D eigenvalue weighted by Gasteiger charge is 2.42. The zero-order valence-electron chi connectivity index (χ0n) is 11.9. The van der Waals surface area contributed by atoms with Crippen molar-refractivity contribution in [3.63, 3.8) is 0 Å². The van der Waals surface area contributed by atoms with Gasteiger partial charge >= 0.3 is 5.97 Å². The van der Waals surface area contributed by atoms with Crippen molar-refractivity contribution < 1.29 is 19.4 Å². The number of carbonyl (C=O) groups is 2. The lowest BCUT2D eigenvalue weighted by molar-refractivity contribution is -0.175. The molecule has 1 aliphatic heterocycles. The topological polar surface area (TPSA) is 66.8 Å².